The van der Waals surface area contributed by atoms with E-state index < -0.39 is 0 Å². The Labute approximate surface area is 77.2 Å². The Kier molecular flexibility index (Phi) is 1.81. The number of hydrogen-bond acceptors (Lipinski definition) is 2. The molecule has 0 amide bonds. The van der Waals surface area contributed by atoms with E-state index >= 15 is 0 Å². The number of hydrogen-bond donors (Lipinski definition) is 1. The van der Waals surface area contributed by atoms with Gasteiger partial charge in [0.25, 0.3) is 0 Å². The highest BCUT2D eigenvalue weighted by Crippen LogP contribution is 2.19. The predicted octanol–water partition coefficient (Wildman–Crippen LogP) is 1.82. The van der Waals surface area contributed by atoms with Gasteiger partial charge in [-0.2, -0.15) is 0 Å². The minimum Gasteiger partial charge on any atom is -0.314 e. The maximum atomic E-state index is 5.85. The third kappa shape index (κ3) is 1.21. The third-order valence-electron chi connectivity index (χ3n) is 2.20. The molecule has 2 N–H and O–H groups in total. The normalized spacial score (nSPS) is 13.5. The van der Waals surface area contributed by atoms with Gasteiger partial charge in [-0.15, -0.1) is 0 Å². The molecule has 2 aromatic rings. The Balaban J connectivity index is 2.78. The van der Waals surface area contributed by atoms with Crippen LogP contribution in [0.1, 0.15) is 18.8 Å². The van der Waals surface area contributed by atoms with E-state index in [1.54, 1.807) is 6.20 Å². The van der Waals surface area contributed by atoms with Crippen LogP contribution in [0.2, 0.25) is 0 Å². The fourth-order valence-corrected chi connectivity index (χ4v) is 1.70. The van der Waals surface area contributed by atoms with Crippen LogP contribution in [-0.4, -0.2) is 9.55 Å². The highest BCUT2D eigenvalue weighted by molar-refractivity contribution is 5.77. The Morgan fingerprint density at radius 3 is 3.00 bits per heavy atom. The molecule has 0 aliphatic carbocycles. The third-order valence-corrected chi connectivity index (χ3v) is 2.20. The molecule has 0 aromatic carbocycles. The summed E-state index contributed by atoms with van der Waals surface area (Å²) < 4.78 is 2.04. The van der Waals surface area contributed by atoms with Gasteiger partial charge in [-0.1, -0.05) is 0 Å². The number of fused-ring (bicyclic) bond motifs is 1. The van der Waals surface area contributed by atoms with Crippen molar-refractivity contribution in [2.45, 2.75) is 20.0 Å². The summed E-state index contributed by atoms with van der Waals surface area (Å²) in [5.74, 6) is 0. The second-order valence-electron chi connectivity index (χ2n) is 3.31. The van der Waals surface area contributed by atoms with Crippen molar-refractivity contribution in [1.29, 1.82) is 0 Å². The van der Waals surface area contributed by atoms with Gasteiger partial charge in [0.05, 0.1) is 6.17 Å². The molecule has 0 aliphatic rings. The monoisotopic (exact) mass is 175 g/mol. The van der Waals surface area contributed by atoms with E-state index in [9.17, 15) is 0 Å². The highest BCUT2D eigenvalue weighted by atomic mass is 15.1. The fourth-order valence-electron chi connectivity index (χ4n) is 1.70. The minimum absolute atomic E-state index is 0.0209. The predicted molar refractivity (Wildman–Crippen MR) is 53.4 cm³/mol. The summed E-state index contributed by atoms with van der Waals surface area (Å²) in [6.45, 7) is 4.01. The molecule has 0 radical (unpaired) electrons. The summed E-state index contributed by atoms with van der Waals surface area (Å²) in [7, 11) is 0. The second kappa shape index (κ2) is 2.85. The molecule has 0 spiro atoms. The molecule has 68 valence electrons. The van der Waals surface area contributed by atoms with Gasteiger partial charge in [0, 0.05) is 17.3 Å². The first-order valence-corrected chi connectivity index (χ1v) is 4.38. The van der Waals surface area contributed by atoms with Gasteiger partial charge in [-0.25, -0.2) is 4.98 Å². The first-order valence-electron chi connectivity index (χ1n) is 4.38. The lowest BCUT2D eigenvalue weighted by molar-refractivity contribution is 0.575. The smallest absolute Gasteiger partial charge is 0.141 e. The molecule has 0 bridgehead atoms. The first-order chi connectivity index (χ1) is 6.20. The van der Waals surface area contributed by atoms with Crippen LogP contribution in [0.25, 0.3) is 11.0 Å². The Bertz CT molecular complexity index is 429. The van der Waals surface area contributed by atoms with Gasteiger partial charge in [0.2, 0.25) is 0 Å². The number of rotatable bonds is 1. The molecular formula is C10H13N3. The lowest BCUT2D eigenvalue weighted by Gasteiger charge is -2.10. The molecular weight excluding hydrogens is 162 g/mol. The van der Waals surface area contributed by atoms with E-state index in [4.69, 9.17) is 5.73 Å². The zero-order chi connectivity index (χ0) is 9.42. The summed E-state index contributed by atoms with van der Waals surface area (Å²) in [6.07, 6.45) is 1.77. The Hall–Kier alpha value is -1.35. The largest absolute Gasteiger partial charge is 0.314 e. The van der Waals surface area contributed by atoms with E-state index in [-0.39, 0.29) is 6.17 Å². The molecule has 0 saturated carbocycles. The van der Waals surface area contributed by atoms with Crippen LogP contribution in [0.15, 0.2) is 24.4 Å². The van der Waals surface area contributed by atoms with Crippen molar-refractivity contribution in [1.82, 2.24) is 9.55 Å². The summed E-state index contributed by atoms with van der Waals surface area (Å²) in [4.78, 5) is 4.31. The zero-order valence-corrected chi connectivity index (χ0v) is 7.86. The summed E-state index contributed by atoms with van der Waals surface area (Å²) in [5.41, 5.74) is 7.97. The molecule has 0 aliphatic heterocycles. The molecule has 2 rings (SSSR count). The molecule has 2 aromatic heterocycles. The van der Waals surface area contributed by atoms with E-state index in [2.05, 4.69) is 11.1 Å². The van der Waals surface area contributed by atoms with Gasteiger partial charge < -0.3 is 10.3 Å². The van der Waals surface area contributed by atoms with E-state index in [0.29, 0.717) is 0 Å². The molecule has 13 heavy (non-hydrogen) atoms. The number of aromatic nitrogens is 2. The highest BCUT2D eigenvalue weighted by Gasteiger charge is 2.08. The topological polar surface area (TPSA) is 43.8 Å². The van der Waals surface area contributed by atoms with Crippen molar-refractivity contribution in [3.8, 4) is 0 Å². The quantitative estimate of drug-likeness (QED) is 0.718. The number of pyridine rings is 1. The second-order valence-corrected chi connectivity index (χ2v) is 3.31. The lowest BCUT2D eigenvalue weighted by atomic mass is 10.3. The number of nitrogens with zero attached hydrogens (tertiary/aromatic N) is 2. The van der Waals surface area contributed by atoms with Crippen molar-refractivity contribution in [2.75, 3.05) is 0 Å². The SMILES string of the molecule is Cc1cc2cccnc2n1C(C)N. The molecule has 1 atom stereocenters. The molecule has 2 heterocycles. The summed E-state index contributed by atoms with van der Waals surface area (Å²) in [6, 6.07) is 6.09. The Morgan fingerprint density at radius 1 is 1.54 bits per heavy atom. The van der Waals surface area contributed by atoms with E-state index in [1.165, 1.54) is 0 Å². The number of aryl methyl sites for hydroxylation is 1. The van der Waals surface area contributed by atoms with Gasteiger partial charge >= 0.3 is 0 Å². The molecule has 1 unspecified atom stereocenters. The van der Waals surface area contributed by atoms with Gasteiger partial charge in [0.1, 0.15) is 5.65 Å². The van der Waals surface area contributed by atoms with Crippen LogP contribution in [0.4, 0.5) is 0 Å². The van der Waals surface area contributed by atoms with Gasteiger partial charge in [-0.05, 0) is 32.0 Å². The maximum Gasteiger partial charge on any atom is 0.141 e. The van der Waals surface area contributed by atoms with Crippen molar-refractivity contribution in [3.63, 3.8) is 0 Å². The average Bonchev–Trinajstić information content (AvgIpc) is 2.39. The van der Waals surface area contributed by atoms with Gasteiger partial charge in [0.15, 0.2) is 0 Å². The van der Waals surface area contributed by atoms with Crippen molar-refractivity contribution in [3.05, 3.63) is 30.1 Å². The van der Waals surface area contributed by atoms with E-state index in [1.807, 2.05) is 30.5 Å². The zero-order valence-electron chi connectivity index (χ0n) is 7.86. The molecule has 0 fully saturated rings. The number of nitrogens with two attached hydrogens (primary N) is 1. The average molecular weight is 175 g/mol. The molecule has 0 saturated heterocycles. The summed E-state index contributed by atoms with van der Waals surface area (Å²) in [5, 5.41) is 1.15. The minimum atomic E-state index is -0.0209. The van der Waals surface area contributed by atoms with Crippen LogP contribution in [0, 0.1) is 6.92 Å². The van der Waals surface area contributed by atoms with Crippen LogP contribution in [-0.2, 0) is 0 Å². The fraction of sp³-hybridized carbons (Fsp3) is 0.300. The van der Waals surface area contributed by atoms with E-state index in [0.717, 1.165) is 16.7 Å². The first kappa shape index (κ1) is 8.26. The summed E-state index contributed by atoms with van der Waals surface area (Å²) >= 11 is 0. The van der Waals surface area contributed by atoms with Crippen molar-refractivity contribution >= 4 is 11.0 Å². The van der Waals surface area contributed by atoms with Crippen LogP contribution in [0.3, 0.4) is 0 Å². The van der Waals surface area contributed by atoms with Crippen LogP contribution < -0.4 is 5.73 Å². The molecule has 3 heteroatoms. The van der Waals surface area contributed by atoms with Crippen LogP contribution in [0.5, 0.6) is 0 Å². The van der Waals surface area contributed by atoms with Crippen molar-refractivity contribution in [2.24, 2.45) is 5.73 Å². The lowest BCUT2D eigenvalue weighted by Crippen LogP contribution is -2.15. The van der Waals surface area contributed by atoms with Crippen LogP contribution >= 0.6 is 0 Å². The van der Waals surface area contributed by atoms with Crippen molar-refractivity contribution < 1.29 is 0 Å². The maximum absolute atomic E-state index is 5.85. The molecule has 3 nitrogen and oxygen atoms in total. The standard InChI is InChI=1S/C10H13N3/c1-7-6-9-4-3-5-12-10(9)13(7)8(2)11/h3-6,8H,11H2,1-2H3. The van der Waals surface area contributed by atoms with Gasteiger partial charge in [-0.3, -0.25) is 0 Å². The Morgan fingerprint density at radius 2 is 2.31 bits per heavy atom.